The Hall–Kier alpha value is -2.05. The molecule has 0 aliphatic carbocycles. The molecule has 1 aliphatic heterocycles. The van der Waals surface area contributed by atoms with E-state index >= 15 is 0 Å². The van der Waals surface area contributed by atoms with Crippen LogP contribution in [0, 0.1) is 0 Å². The Labute approximate surface area is 123 Å². The van der Waals surface area contributed by atoms with Gasteiger partial charge in [0.2, 0.25) is 5.75 Å². The number of carbonyl (C=O) groups is 1. The Morgan fingerprint density at radius 3 is 2.81 bits per heavy atom. The van der Waals surface area contributed by atoms with Crippen molar-refractivity contribution in [3.05, 3.63) is 29.3 Å². The van der Waals surface area contributed by atoms with Gasteiger partial charge in [-0.2, -0.15) is 5.48 Å². The second-order valence-corrected chi connectivity index (χ2v) is 4.89. The smallest absolute Gasteiger partial charge is 0.276 e. The molecule has 6 heteroatoms. The number of nitrogens with one attached hydrogen (secondary N) is 1. The summed E-state index contributed by atoms with van der Waals surface area (Å²) in [5.74, 6) is -0.117. The maximum absolute atomic E-state index is 11.3. The van der Waals surface area contributed by atoms with Crippen molar-refractivity contribution < 1.29 is 19.8 Å². The number of hydrogen-bond acceptors (Lipinski definition) is 5. The van der Waals surface area contributed by atoms with Crippen LogP contribution in [0.4, 0.5) is 0 Å². The number of phenolic OH excluding ortho intramolecular Hbond substituents is 1. The summed E-state index contributed by atoms with van der Waals surface area (Å²) >= 11 is 0. The van der Waals surface area contributed by atoms with Crippen molar-refractivity contribution in [2.24, 2.45) is 0 Å². The number of amides is 1. The van der Waals surface area contributed by atoms with Crippen LogP contribution in [-0.4, -0.2) is 40.7 Å². The molecule has 0 saturated heterocycles. The number of carbonyl (C=O) groups excluding carboxylic acids is 1. The standard InChI is InChI=1S/C15H20N2O4/c1-2-7-17(8-9-18)10-12-4-3-11-5-6-13(19)16-21-15(11)14(12)20/h3-6,18,20H,2,7-10H2,1H3,(H,16,19). The van der Waals surface area contributed by atoms with Gasteiger partial charge in [-0.25, -0.2) is 0 Å². The molecule has 1 aromatic rings. The summed E-state index contributed by atoms with van der Waals surface area (Å²) in [5.41, 5.74) is 3.57. The van der Waals surface area contributed by atoms with Gasteiger partial charge in [0.05, 0.1) is 6.61 Å². The Kier molecular flexibility index (Phi) is 5.19. The minimum atomic E-state index is -0.375. The summed E-state index contributed by atoms with van der Waals surface area (Å²) in [6, 6.07) is 3.60. The molecule has 1 aromatic carbocycles. The lowest BCUT2D eigenvalue weighted by atomic mass is 10.1. The topological polar surface area (TPSA) is 82.0 Å². The van der Waals surface area contributed by atoms with Crippen LogP contribution in [0.15, 0.2) is 18.2 Å². The molecule has 6 nitrogen and oxygen atoms in total. The van der Waals surface area contributed by atoms with E-state index in [0.717, 1.165) is 13.0 Å². The fourth-order valence-corrected chi connectivity index (χ4v) is 2.26. The summed E-state index contributed by atoms with van der Waals surface area (Å²) < 4.78 is 0. The summed E-state index contributed by atoms with van der Waals surface area (Å²) in [5, 5.41) is 19.4. The first-order valence-electron chi connectivity index (χ1n) is 6.98. The number of phenols is 1. The van der Waals surface area contributed by atoms with Crippen LogP contribution in [0.1, 0.15) is 24.5 Å². The van der Waals surface area contributed by atoms with Crippen LogP contribution in [0.2, 0.25) is 0 Å². The van der Waals surface area contributed by atoms with E-state index in [1.54, 1.807) is 18.2 Å². The number of aromatic hydroxyl groups is 1. The van der Waals surface area contributed by atoms with Crippen molar-refractivity contribution >= 4 is 12.0 Å². The van der Waals surface area contributed by atoms with Crippen molar-refractivity contribution in [1.29, 1.82) is 0 Å². The lowest BCUT2D eigenvalue weighted by molar-refractivity contribution is -0.122. The van der Waals surface area contributed by atoms with Gasteiger partial charge >= 0.3 is 0 Å². The predicted molar refractivity (Wildman–Crippen MR) is 78.6 cm³/mol. The van der Waals surface area contributed by atoms with Crippen LogP contribution >= 0.6 is 0 Å². The van der Waals surface area contributed by atoms with E-state index in [-0.39, 0.29) is 24.0 Å². The molecule has 114 valence electrons. The van der Waals surface area contributed by atoms with E-state index in [9.17, 15) is 9.90 Å². The molecule has 21 heavy (non-hydrogen) atoms. The molecule has 2 rings (SSSR count). The summed E-state index contributed by atoms with van der Waals surface area (Å²) in [6.45, 7) is 4.01. The SMILES string of the molecule is CCCN(CCO)Cc1ccc2c(c1O)ONC(=O)C=C2. The second-order valence-electron chi connectivity index (χ2n) is 4.89. The van der Waals surface area contributed by atoms with Crippen molar-refractivity contribution in [2.45, 2.75) is 19.9 Å². The maximum atomic E-state index is 11.3. The largest absolute Gasteiger partial charge is 0.504 e. The van der Waals surface area contributed by atoms with E-state index in [4.69, 9.17) is 9.94 Å². The second kappa shape index (κ2) is 7.10. The van der Waals surface area contributed by atoms with Gasteiger partial charge < -0.3 is 15.1 Å². The van der Waals surface area contributed by atoms with Crippen LogP contribution < -0.4 is 10.3 Å². The molecule has 0 fully saturated rings. The van der Waals surface area contributed by atoms with E-state index in [2.05, 4.69) is 12.4 Å². The monoisotopic (exact) mass is 292 g/mol. The molecule has 1 heterocycles. The van der Waals surface area contributed by atoms with E-state index in [1.807, 2.05) is 4.90 Å². The Morgan fingerprint density at radius 1 is 1.29 bits per heavy atom. The fourth-order valence-electron chi connectivity index (χ4n) is 2.26. The van der Waals surface area contributed by atoms with Crippen LogP contribution in [0.25, 0.3) is 6.08 Å². The van der Waals surface area contributed by atoms with Crippen molar-refractivity contribution in [3.8, 4) is 11.5 Å². The number of aliphatic hydroxyl groups excluding tert-OH is 1. The average molecular weight is 292 g/mol. The molecule has 1 amide bonds. The van der Waals surface area contributed by atoms with Gasteiger partial charge in [-0.15, -0.1) is 0 Å². The number of aliphatic hydroxyl groups is 1. The molecule has 0 spiro atoms. The zero-order valence-corrected chi connectivity index (χ0v) is 12.0. The summed E-state index contributed by atoms with van der Waals surface area (Å²) in [6.07, 6.45) is 3.90. The van der Waals surface area contributed by atoms with Gasteiger partial charge in [-0.1, -0.05) is 19.1 Å². The zero-order chi connectivity index (χ0) is 15.2. The molecule has 0 atom stereocenters. The fraction of sp³-hybridized carbons (Fsp3) is 0.400. The highest BCUT2D eigenvalue weighted by Crippen LogP contribution is 2.35. The normalized spacial score (nSPS) is 13.6. The number of hydrogen-bond donors (Lipinski definition) is 3. The number of rotatable bonds is 6. The maximum Gasteiger partial charge on any atom is 0.276 e. The number of nitrogens with zero attached hydrogens (tertiary/aromatic N) is 1. The molecule has 0 radical (unpaired) electrons. The van der Waals surface area contributed by atoms with E-state index in [1.165, 1.54) is 6.08 Å². The molecule has 0 aromatic heterocycles. The number of fused-ring (bicyclic) bond motifs is 1. The first-order valence-corrected chi connectivity index (χ1v) is 6.98. The van der Waals surface area contributed by atoms with E-state index < -0.39 is 0 Å². The molecule has 3 N–H and O–H groups in total. The number of benzene rings is 1. The molecule has 0 bridgehead atoms. The van der Waals surface area contributed by atoms with Gasteiger partial charge in [0.1, 0.15) is 0 Å². The third-order valence-electron chi connectivity index (χ3n) is 3.26. The van der Waals surface area contributed by atoms with Gasteiger partial charge in [0.15, 0.2) is 5.75 Å². The molecule has 0 unspecified atom stereocenters. The molecular weight excluding hydrogens is 272 g/mol. The first kappa shape index (κ1) is 15.3. The van der Waals surface area contributed by atoms with Crippen molar-refractivity contribution in [3.63, 3.8) is 0 Å². The van der Waals surface area contributed by atoms with Crippen molar-refractivity contribution in [2.75, 3.05) is 19.7 Å². The Bertz CT molecular complexity index is 537. The average Bonchev–Trinajstić information content (AvgIpc) is 2.65. The highest BCUT2D eigenvalue weighted by molar-refractivity contribution is 5.92. The van der Waals surface area contributed by atoms with Gasteiger partial charge in [0.25, 0.3) is 5.91 Å². The Morgan fingerprint density at radius 2 is 2.10 bits per heavy atom. The van der Waals surface area contributed by atoms with Gasteiger partial charge in [0, 0.05) is 30.3 Å². The number of hydroxylamine groups is 1. The predicted octanol–water partition coefficient (Wildman–Crippen LogP) is 1.03. The summed E-state index contributed by atoms with van der Waals surface area (Å²) in [4.78, 5) is 18.5. The highest BCUT2D eigenvalue weighted by atomic mass is 16.7. The minimum Gasteiger partial charge on any atom is -0.504 e. The lowest BCUT2D eigenvalue weighted by Crippen LogP contribution is -2.27. The minimum absolute atomic E-state index is 0.0124. The third-order valence-corrected chi connectivity index (χ3v) is 3.26. The van der Waals surface area contributed by atoms with Crippen LogP contribution in [0.5, 0.6) is 11.5 Å². The third kappa shape index (κ3) is 3.74. The van der Waals surface area contributed by atoms with Gasteiger partial charge in [-0.05, 0) is 19.0 Å². The van der Waals surface area contributed by atoms with Crippen LogP contribution in [0.3, 0.4) is 0 Å². The lowest BCUT2D eigenvalue weighted by Gasteiger charge is -2.22. The van der Waals surface area contributed by atoms with Crippen LogP contribution in [-0.2, 0) is 11.3 Å². The Balaban J connectivity index is 2.23. The molecule has 1 aliphatic rings. The van der Waals surface area contributed by atoms with Gasteiger partial charge in [-0.3, -0.25) is 9.69 Å². The summed E-state index contributed by atoms with van der Waals surface area (Å²) in [7, 11) is 0. The molecule has 0 saturated carbocycles. The van der Waals surface area contributed by atoms with Crippen molar-refractivity contribution in [1.82, 2.24) is 10.4 Å². The highest BCUT2D eigenvalue weighted by Gasteiger charge is 2.18. The first-order chi connectivity index (χ1) is 10.2. The zero-order valence-electron chi connectivity index (χ0n) is 12.0. The van der Waals surface area contributed by atoms with E-state index in [0.29, 0.717) is 24.2 Å². The molecular formula is C15H20N2O4. The quantitative estimate of drug-likeness (QED) is 0.729.